The smallest absolute Gasteiger partial charge is 0.410 e. The maximum absolute atomic E-state index is 12.8. The van der Waals surface area contributed by atoms with Gasteiger partial charge in [-0.3, -0.25) is 4.90 Å². The van der Waals surface area contributed by atoms with Gasteiger partial charge in [-0.25, -0.2) is 14.8 Å². The normalized spacial score (nSPS) is 18.0. The van der Waals surface area contributed by atoms with E-state index in [0.29, 0.717) is 18.3 Å². The molecule has 0 unspecified atom stereocenters. The average molecular weight is 728 g/mol. The SMILES string of the molecule is C=C(N[C@H](C(=C)N1CCC[C@H]1c1ncc(-c2ccc3cc(-c4ccc(-c5cnc([C@@H]6CCCN6C(=O)OC(C)(C)C)[nH]5)cc4)ccc3c2)[nH]1)C(C)C)OC. The van der Waals surface area contributed by atoms with Crippen molar-refractivity contribution in [3.63, 3.8) is 0 Å². The molecule has 2 fully saturated rings. The molecular formula is C44H53N7O3. The second-order valence-electron chi connectivity index (χ2n) is 15.9. The van der Waals surface area contributed by atoms with E-state index in [1.807, 2.05) is 33.2 Å². The monoisotopic (exact) mass is 727 g/mol. The van der Waals surface area contributed by atoms with Crippen LogP contribution >= 0.6 is 0 Å². The molecule has 0 spiro atoms. The fourth-order valence-electron chi connectivity index (χ4n) is 7.77. The first-order chi connectivity index (χ1) is 25.9. The van der Waals surface area contributed by atoms with E-state index in [9.17, 15) is 4.79 Å². The van der Waals surface area contributed by atoms with E-state index in [-0.39, 0.29) is 24.2 Å². The molecule has 10 heteroatoms. The lowest BCUT2D eigenvalue weighted by molar-refractivity contribution is 0.0218. The summed E-state index contributed by atoms with van der Waals surface area (Å²) in [5.74, 6) is 2.61. The Bertz CT molecular complexity index is 2140. The van der Waals surface area contributed by atoms with Crippen molar-refractivity contribution in [3.8, 4) is 33.6 Å². The lowest BCUT2D eigenvalue weighted by Crippen LogP contribution is -2.41. The first kappa shape index (κ1) is 36.8. The van der Waals surface area contributed by atoms with Gasteiger partial charge in [-0.1, -0.05) is 69.0 Å². The number of ether oxygens (including phenoxy) is 2. The van der Waals surface area contributed by atoms with Crippen LogP contribution in [0, 0.1) is 5.92 Å². The third-order valence-corrected chi connectivity index (χ3v) is 10.6. The Morgan fingerprint density at radius 1 is 0.796 bits per heavy atom. The molecule has 282 valence electrons. The third kappa shape index (κ3) is 7.74. The third-order valence-electron chi connectivity index (χ3n) is 10.6. The van der Waals surface area contributed by atoms with E-state index < -0.39 is 5.60 Å². The van der Waals surface area contributed by atoms with Crippen molar-refractivity contribution < 1.29 is 14.3 Å². The lowest BCUT2D eigenvalue weighted by Gasteiger charge is -2.35. The number of H-pyrrole nitrogens is 2. The van der Waals surface area contributed by atoms with E-state index in [0.717, 1.165) is 83.2 Å². The number of hydrogen-bond donors (Lipinski definition) is 3. The van der Waals surface area contributed by atoms with Gasteiger partial charge in [0.1, 0.15) is 17.2 Å². The van der Waals surface area contributed by atoms with E-state index in [2.05, 4.69) is 113 Å². The minimum atomic E-state index is -0.536. The van der Waals surface area contributed by atoms with E-state index >= 15 is 0 Å². The number of benzene rings is 3. The number of likely N-dealkylation sites (tertiary alicyclic amines) is 2. The largest absolute Gasteiger partial charge is 0.483 e. The second-order valence-corrected chi connectivity index (χ2v) is 15.9. The van der Waals surface area contributed by atoms with Gasteiger partial charge >= 0.3 is 6.09 Å². The van der Waals surface area contributed by atoms with Crippen LogP contribution in [-0.4, -0.2) is 67.7 Å². The summed E-state index contributed by atoms with van der Waals surface area (Å²) in [6, 6.07) is 21.8. The van der Waals surface area contributed by atoms with Crippen molar-refractivity contribution in [2.24, 2.45) is 5.92 Å². The number of hydrogen-bond acceptors (Lipinski definition) is 7. The Kier molecular flexibility index (Phi) is 10.3. The molecule has 2 saturated heterocycles. The predicted molar refractivity (Wildman–Crippen MR) is 215 cm³/mol. The van der Waals surface area contributed by atoms with Crippen LogP contribution in [0.4, 0.5) is 4.79 Å². The summed E-state index contributed by atoms with van der Waals surface area (Å²) in [6.07, 6.45) is 7.39. The number of aromatic amines is 2. The Labute approximate surface area is 318 Å². The van der Waals surface area contributed by atoms with Gasteiger partial charge in [0.2, 0.25) is 0 Å². The summed E-state index contributed by atoms with van der Waals surface area (Å²) >= 11 is 0. The fourth-order valence-corrected chi connectivity index (χ4v) is 7.77. The molecule has 4 heterocycles. The van der Waals surface area contributed by atoms with E-state index in [1.165, 1.54) is 10.8 Å². The van der Waals surface area contributed by atoms with Gasteiger partial charge in [0.05, 0.1) is 49.0 Å². The van der Waals surface area contributed by atoms with Crippen molar-refractivity contribution in [1.29, 1.82) is 0 Å². The highest BCUT2D eigenvalue weighted by molar-refractivity contribution is 5.90. The zero-order valence-corrected chi connectivity index (χ0v) is 32.4. The first-order valence-corrected chi connectivity index (χ1v) is 19.1. The van der Waals surface area contributed by atoms with E-state index in [4.69, 9.17) is 14.5 Å². The van der Waals surface area contributed by atoms with Gasteiger partial charge in [-0.2, -0.15) is 0 Å². The number of imidazole rings is 2. The number of nitrogens with one attached hydrogen (secondary N) is 3. The molecule has 2 aliphatic rings. The van der Waals surface area contributed by atoms with Crippen LogP contribution in [-0.2, 0) is 9.47 Å². The molecule has 7 rings (SSSR count). The summed E-state index contributed by atoms with van der Waals surface area (Å²) in [4.78, 5) is 33.7. The van der Waals surface area contributed by atoms with Crippen LogP contribution in [0.5, 0.6) is 0 Å². The summed E-state index contributed by atoms with van der Waals surface area (Å²) in [5.41, 5.74) is 6.86. The molecule has 2 aromatic heterocycles. The van der Waals surface area contributed by atoms with Gasteiger partial charge in [0.25, 0.3) is 0 Å². The van der Waals surface area contributed by atoms with Gasteiger partial charge in [-0.05, 0) is 98.5 Å². The van der Waals surface area contributed by atoms with Crippen LogP contribution in [0.2, 0.25) is 0 Å². The molecule has 0 saturated carbocycles. The Balaban J connectivity index is 1.03. The van der Waals surface area contributed by atoms with Gasteiger partial charge < -0.3 is 29.7 Å². The van der Waals surface area contributed by atoms with E-state index in [1.54, 1.807) is 12.0 Å². The molecule has 5 aromatic rings. The molecular weight excluding hydrogens is 675 g/mol. The molecule has 1 amide bonds. The van der Waals surface area contributed by atoms with Crippen molar-refractivity contribution in [2.45, 2.75) is 84.0 Å². The topological polar surface area (TPSA) is 111 Å². The lowest BCUT2D eigenvalue weighted by atomic mass is 9.98. The van der Waals surface area contributed by atoms with Crippen molar-refractivity contribution in [1.82, 2.24) is 35.1 Å². The molecule has 3 atom stereocenters. The highest BCUT2D eigenvalue weighted by atomic mass is 16.6. The van der Waals surface area contributed by atoms with Crippen LogP contribution < -0.4 is 5.32 Å². The van der Waals surface area contributed by atoms with Crippen molar-refractivity contribution in [3.05, 3.63) is 109 Å². The van der Waals surface area contributed by atoms with Crippen molar-refractivity contribution >= 4 is 16.9 Å². The molecule has 0 bridgehead atoms. The molecule has 3 aromatic carbocycles. The predicted octanol–water partition coefficient (Wildman–Crippen LogP) is 9.74. The van der Waals surface area contributed by atoms with Crippen LogP contribution in [0.1, 0.15) is 84.0 Å². The first-order valence-electron chi connectivity index (χ1n) is 19.1. The minimum Gasteiger partial charge on any atom is -0.483 e. The number of rotatable bonds is 11. The summed E-state index contributed by atoms with van der Waals surface area (Å²) in [7, 11) is 1.63. The Morgan fingerprint density at radius 3 is 1.91 bits per heavy atom. The number of nitrogens with zero attached hydrogens (tertiary/aromatic N) is 4. The zero-order chi connectivity index (χ0) is 38.1. The molecule has 0 aliphatic carbocycles. The minimum absolute atomic E-state index is 0.0158. The van der Waals surface area contributed by atoms with Crippen LogP contribution in [0.3, 0.4) is 0 Å². The maximum atomic E-state index is 12.8. The highest BCUT2D eigenvalue weighted by Gasteiger charge is 2.35. The quantitative estimate of drug-likeness (QED) is 0.116. The molecule has 54 heavy (non-hydrogen) atoms. The number of carbonyl (C=O) groups excluding carboxylic acids is 1. The average Bonchev–Trinajstić information content (AvgIpc) is 3.98. The van der Waals surface area contributed by atoms with Gasteiger partial charge in [0, 0.05) is 24.4 Å². The number of fused-ring (bicyclic) bond motifs is 1. The maximum Gasteiger partial charge on any atom is 0.410 e. The fraction of sp³-hybridized carbons (Fsp3) is 0.386. The zero-order valence-electron chi connectivity index (χ0n) is 32.4. The van der Waals surface area contributed by atoms with Crippen LogP contribution in [0.15, 0.2) is 97.8 Å². The van der Waals surface area contributed by atoms with Crippen LogP contribution in [0.25, 0.3) is 44.4 Å². The second kappa shape index (κ2) is 15.1. The molecule has 3 N–H and O–H groups in total. The Hall–Kier alpha value is -5.51. The Morgan fingerprint density at radius 2 is 1.31 bits per heavy atom. The molecule has 2 aliphatic heterocycles. The number of aromatic nitrogens is 4. The van der Waals surface area contributed by atoms with Crippen molar-refractivity contribution in [2.75, 3.05) is 20.2 Å². The number of amides is 1. The summed E-state index contributed by atoms with van der Waals surface area (Å²) in [6.45, 7) is 20.1. The highest BCUT2D eigenvalue weighted by Crippen LogP contribution is 2.37. The molecule has 10 nitrogen and oxygen atoms in total. The summed E-state index contributed by atoms with van der Waals surface area (Å²) < 4.78 is 11.0. The number of methoxy groups -OCH3 is 1. The van der Waals surface area contributed by atoms with Gasteiger partial charge in [0.15, 0.2) is 5.88 Å². The number of carbonyl (C=O) groups is 1. The summed E-state index contributed by atoms with van der Waals surface area (Å²) in [5, 5.41) is 5.74. The van der Waals surface area contributed by atoms with Gasteiger partial charge in [-0.15, -0.1) is 0 Å². The standard InChI is InChI=1S/C44H53N7O3/c1-27(2)40(47-29(4)53-8)28(3)50-21-9-11-38(50)41-46-26-37(49-41)35-20-19-33-23-32(17-18-34(33)24-35)30-13-15-31(16-14-30)36-25-45-42(48-36)39-12-10-22-51(39)43(52)54-44(5,6)7/h13-20,23-27,38-40,47H,3-4,9-12,21-22H2,1-2,5-8H3,(H,45,48)(H,46,49)/t38-,39-,40-/m0/s1. The molecule has 0 radical (unpaired) electrons.